The maximum absolute atomic E-state index is 14.8. The average Bonchev–Trinajstić information content (AvgIpc) is 3.07. The van der Waals surface area contributed by atoms with Gasteiger partial charge in [0.2, 0.25) is 0 Å². The molecule has 0 N–H and O–H groups in total. The summed E-state index contributed by atoms with van der Waals surface area (Å²) in [7, 11) is 2.09. The largest absolute Gasteiger partial charge is 0.462 e. The standard InChI is InChI=1S/C20H26FN3O2/c1-4-14-6-7-16(18(21)12-14)19-17(20(25)26-5-2)13-22-24(19)15-8-10-23(3)11-9-15/h6-7,12-13,15H,4-5,8-11H2,1-3H3. The summed E-state index contributed by atoms with van der Waals surface area (Å²) >= 11 is 0. The Hall–Kier alpha value is -2.21. The molecule has 0 bridgehead atoms. The number of carbonyl (C=O) groups is 1. The number of halogens is 1. The molecule has 2 heterocycles. The molecule has 0 radical (unpaired) electrons. The van der Waals surface area contributed by atoms with E-state index < -0.39 is 5.97 Å². The summed E-state index contributed by atoms with van der Waals surface area (Å²) in [5, 5.41) is 4.46. The minimum atomic E-state index is -0.458. The number of hydrogen-bond donors (Lipinski definition) is 0. The van der Waals surface area contributed by atoms with E-state index in [1.54, 1.807) is 13.0 Å². The van der Waals surface area contributed by atoms with Gasteiger partial charge in [-0.2, -0.15) is 5.10 Å². The molecular formula is C20H26FN3O2. The van der Waals surface area contributed by atoms with Crippen molar-refractivity contribution in [3.8, 4) is 11.3 Å². The zero-order chi connectivity index (χ0) is 18.7. The van der Waals surface area contributed by atoms with E-state index >= 15 is 0 Å². The van der Waals surface area contributed by atoms with Crippen LogP contribution >= 0.6 is 0 Å². The Bertz CT molecular complexity index is 779. The summed E-state index contributed by atoms with van der Waals surface area (Å²) in [6, 6.07) is 5.34. The Kier molecular flexibility index (Phi) is 5.71. The lowest BCUT2D eigenvalue weighted by atomic mass is 10.0. The minimum Gasteiger partial charge on any atom is -0.462 e. The van der Waals surface area contributed by atoms with Crippen molar-refractivity contribution in [3.05, 3.63) is 41.3 Å². The molecular weight excluding hydrogens is 333 g/mol. The van der Waals surface area contributed by atoms with Crippen LogP contribution < -0.4 is 0 Å². The second kappa shape index (κ2) is 7.99. The first-order valence-electron chi connectivity index (χ1n) is 9.27. The fourth-order valence-electron chi connectivity index (χ4n) is 3.48. The molecule has 26 heavy (non-hydrogen) atoms. The first kappa shape index (κ1) is 18.6. The Morgan fingerprint density at radius 2 is 2.04 bits per heavy atom. The summed E-state index contributed by atoms with van der Waals surface area (Å²) in [4.78, 5) is 14.7. The molecule has 6 heteroatoms. The molecule has 0 unspecified atom stereocenters. The molecule has 1 fully saturated rings. The first-order valence-corrected chi connectivity index (χ1v) is 9.27. The SMILES string of the molecule is CCOC(=O)c1cnn(C2CCN(C)CC2)c1-c1ccc(CC)cc1F. The normalized spacial score (nSPS) is 16.0. The second-order valence-corrected chi connectivity index (χ2v) is 6.77. The maximum atomic E-state index is 14.8. The van der Waals surface area contributed by atoms with Gasteiger partial charge in [0.25, 0.3) is 0 Å². The highest BCUT2D eigenvalue weighted by Gasteiger charge is 2.28. The molecule has 1 aliphatic heterocycles. The van der Waals surface area contributed by atoms with Crippen LogP contribution in [0.15, 0.2) is 24.4 Å². The summed E-state index contributed by atoms with van der Waals surface area (Å²) < 4.78 is 21.8. The predicted molar refractivity (Wildman–Crippen MR) is 98.7 cm³/mol. The minimum absolute atomic E-state index is 0.148. The molecule has 0 saturated carbocycles. The molecule has 140 valence electrons. The van der Waals surface area contributed by atoms with E-state index in [4.69, 9.17) is 4.74 Å². The fourth-order valence-corrected chi connectivity index (χ4v) is 3.48. The van der Waals surface area contributed by atoms with Crippen LogP contribution in [0, 0.1) is 5.82 Å². The van der Waals surface area contributed by atoms with E-state index in [9.17, 15) is 9.18 Å². The van der Waals surface area contributed by atoms with Crippen molar-refractivity contribution in [1.29, 1.82) is 0 Å². The van der Waals surface area contributed by atoms with E-state index in [1.165, 1.54) is 12.3 Å². The molecule has 1 aliphatic rings. The van der Waals surface area contributed by atoms with E-state index in [0.29, 0.717) is 16.8 Å². The van der Waals surface area contributed by atoms with Crippen LogP contribution in [0.2, 0.25) is 0 Å². The maximum Gasteiger partial charge on any atom is 0.341 e. The highest BCUT2D eigenvalue weighted by molar-refractivity contribution is 5.96. The smallest absolute Gasteiger partial charge is 0.341 e. The zero-order valence-electron chi connectivity index (χ0n) is 15.7. The molecule has 5 nitrogen and oxygen atoms in total. The lowest BCUT2D eigenvalue weighted by Crippen LogP contribution is -2.32. The first-order chi connectivity index (χ1) is 12.5. The summed E-state index contributed by atoms with van der Waals surface area (Å²) in [6.07, 6.45) is 4.11. The van der Waals surface area contributed by atoms with Crippen molar-refractivity contribution in [2.75, 3.05) is 26.7 Å². The van der Waals surface area contributed by atoms with Crippen LogP contribution in [-0.4, -0.2) is 47.4 Å². The van der Waals surface area contributed by atoms with Crippen LogP contribution in [0.5, 0.6) is 0 Å². The van der Waals surface area contributed by atoms with E-state index in [2.05, 4.69) is 17.0 Å². The molecule has 2 aromatic rings. The molecule has 3 rings (SSSR count). The number of hydrogen-bond acceptors (Lipinski definition) is 4. The summed E-state index contributed by atoms with van der Waals surface area (Å²) in [5.74, 6) is -0.787. The number of benzene rings is 1. The Labute approximate surface area is 153 Å². The Morgan fingerprint density at radius 3 is 2.65 bits per heavy atom. The Balaban J connectivity index is 2.07. The zero-order valence-corrected chi connectivity index (χ0v) is 15.7. The van der Waals surface area contributed by atoms with Crippen molar-refractivity contribution in [2.24, 2.45) is 0 Å². The average molecular weight is 359 g/mol. The quantitative estimate of drug-likeness (QED) is 0.764. The molecule has 1 saturated heterocycles. The topological polar surface area (TPSA) is 47.4 Å². The van der Waals surface area contributed by atoms with Gasteiger partial charge in [0.1, 0.15) is 11.4 Å². The van der Waals surface area contributed by atoms with Crippen LogP contribution in [0.3, 0.4) is 0 Å². The van der Waals surface area contributed by atoms with Crippen LogP contribution in [0.25, 0.3) is 11.3 Å². The third kappa shape index (κ3) is 3.65. The third-order valence-corrected chi connectivity index (χ3v) is 5.02. The number of ether oxygens (including phenoxy) is 1. The van der Waals surface area contributed by atoms with Gasteiger partial charge in [0.05, 0.1) is 24.5 Å². The van der Waals surface area contributed by atoms with Crippen molar-refractivity contribution < 1.29 is 13.9 Å². The van der Waals surface area contributed by atoms with E-state index in [1.807, 2.05) is 17.7 Å². The molecule has 0 amide bonds. The van der Waals surface area contributed by atoms with Crippen molar-refractivity contribution in [2.45, 2.75) is 39.2 Å². The predicted octanol–water partition coefficient (Wildman–Crippen LogP) is 3.70. The van der Waals surface area contributed by atoms with Gasteiger partial charge in [-0.25, -0.2) is 9.18 Å². The van der Waals surface area contributed by atoms with Gasteiger partial charge in [-0.05, 0) is 64.0 Å². The van der Waals surface area contributed by atoms with Gasteiger partial charge in [-0.15, -0.1) is 0 Å². The van der Waals surface area contributed by atoms with Crippen LogP contribution in [0.1, 0.15) is 48.7 Å². The lowest BCUT2D eigenvalue weighted by molar-refractivity contribution is 0.0527. The number of esters is 1. The fraction of sp³-hybridized carbons (Fsp3) is 0.500. The second-order valence-electron chi connectivity index (χ2n) is 6.77. The van der Waals surface area contributed by atoms with Gasteiger partial charge in [-0.1, -0.05) is 13.0 Å². The number of aryl methyl sites for hydroxylation is 1. The number of nitrogens with zero attached hydrogens (tertiary/aromatic N) is 3. The van der Waals surface area contributed by atoms with Gasteiger partial charge in [0.15, 0.2) is 0 Å². The molecule has 0 aliphatic carbocycles. The highest BCUT2D eigenvalue weighted by atomic mass is 19.1. The lowest BCUT2D eigenvalue weighted by Gasteiger charge is -2.30. The summed E-state index contributed by atoms with van der Waals surface area (Å²) in [5.41, 5.74) is 2.18. The molecule has 0 atom stereocenters. The van der Waals surface area contributed by atoms with Crippen LogP contribution in [-0.2, 0) is 11.2 Å². The van der Waals surface area contributed by atoms with Gasteiger partial charge in [-0.3, -0.25) is 4.68 Å². The van der Waals surface area contributed by atoms with Gasteiger partial charge >= 0.3 is 5.97 Å². The third-order valence-electron chi connectivity index (χ3n) is 5.02. The number of likely N-dealkylation sites (tertiary alicyclic amines) is 1. The summed E-state index contributed by atoms with van der Waals surface area (Å²) in [6.45, 7) is 5.93. The van der Waals surface area contributed by atoms with Gasteiger partial charge in [0, 0.05) is 5.56 Å². The molecule has 1 aromatic heterocycles. The van der Waals surface area contributed by atoms with Gasteiger partial charge < -0.3 is 9.64 Å². The number of rotatable bonds is 5. The van der Waals surface area contributed by atoms with Crippen molar-refractivity contribution >= 4 is 5.97 Å². The highest BCUT2D eigenvalue weighted by Crippen LogP contribution is 2.33. The van der Waals surface area contributed by atoms with E-state index in [-0.39, 0.29) is 18.5 Å². The number of piperidine rings is 1. The molecule has 1 aromatic carbocycles. The van der Waals surface area contributed by atoms with Crippen molar-refractivity contribution in [1.82, 2.24) is 14.7 Å². The van der Waals surface area contributed by atoms with Crippen molar-refractivity contribution in [3.63, 3.8) is 0 Å². The number of aromatic nitrogens is 2. The Morgan fingerprint density at radius 1 is 1.31 bits per heavy atom. The monoisotopic (exact) mass is 359 g/mol. The number of carbonyl (C=O) groups excluding carboxylic acids is 1. The van der Waals surface area contributed by atoms with E-state index in [0.717, 1.165) is 37.9 Å². The molecule has 0 spiro atoms. The van der Waals surface area contributed by atoms with Crippen LogP contribution in [0.4, 0.5) is 4.39 Å².